The van der Waals surface area contributed by atoms with Gasteiger partial charge in [-0.15, -0.1) is 0 Å². The van der Waals surface area contributed by atoms with Crippen molar-refractivity contribution in [3.05, 3.63) is 64.7 Å². The maximum atomic E-state index is 12.0. The lowest BCUT2D eigenvalue weighted by Crippen LogP contribution is -2.25. The van der Waals surface area contributed by atoms with Crippen molar-refractivity contribution in [1.82, 2.24) is 5.32 Å². The summed E-state index contributed by atoms with van der Waals surface area (Å²) in [6, 6.07) is 14.6. The average molecular weight is 304 g/mol. The fraction of sp³-hybridized carbons (Fsp3) is 0.235. The van der Waals surface area contributed by atoms with Gasteiger partial charge < -0.3 is 10.4 Å². The molecule has 3 nitrogen and oxygen atoms in total. The van der Waals surface area contributed by atoms with Gasteiger partial charge in [-0.2, -0.15) is 0 Å². The van der Waals surface area contributed by atoms with Crippen LogP contribution in [0.3, 0.4) is 0 Å². The molecule has 2 N–H and O–H groups in total. The summed E-state index contributed by atoms with van der Waals surface area (Å²) in [7, 11) is 0. The number of aromatic hydroxyl groups is 1. The third-order valence-corrected chi connectivity index (χ3v) is 3.67. The molecule has 0 saturated heterocycles. The highest BCUT2D eigenvalue weighted by Gasteiger charge is 2.11. The quantitative estimate of drug-likeness (QED) is 0.878. The van der Waals surface area contributed by atoms with Crippen LogP contribution in [0.1, 0.15) is 35.2 Å². The molecule has 1 unspecified atom stereocenters. The Morgan fingerprint density at radius 1 is 1.24 bits per heavy atom. The van der Waals surface area contributed by atoms with Crippen molar-refractivity contribution in [2.45, 2.75) is 19.3 Å². The van der Waals surface area contributed by atoms with Gasteiger partial charge in [0.05, 0.1) is 5.56 Å². The van der Waals surface area contributed by atoms with Gasteiger partial charge in [-0.1, -0.05) is 48.9 Å². The second-order valence-electron chi connectivity index (χ2n) is 5.02. The second-order valence-corrected chi connectivity index (χ2v) is 5.45. The zero-order chi connectivity index (χ0) is 15.2. The predicted octanol–water partition coefficient (Wildman–Crippen LogP) is 3.97. The Morgan fingerprint density at radius 2 is 1.95 bits per heavy atom. The van der Waals surface area contributed by atoms with Crippen LogP contribution < -0.4 is 5.32 Å². The third-order valence-electron chi connectivity index (χ3n) is 3.44. The lowest BCUT2D eigenvalue weighted by atomic mass is 9.98. The number of halogens is 1. The molecule has 0 bridgehead atoms. The second kappa shape index (κ2) is 7.14. The molecular weight excluding hydrogens is 286 g/mol. The van der Waals surface area contributed by atoms with E-state index in [1.54, 1.807) is 6.07 Å². The first-order chi connectivity index (χ1) is 10.1. The Bertz CT molecular complexity index is 613. The van der Waals surface area contributed by atoms with Gasteiger partial charge in [-0.05, 0) is 36.1 Å². The van der Waals surface area contributed by atoms with Crippen LogP contribution >= 0.6 is 11.6 Å². The summed E-state index contributed by atoms with van der Waals surface area (Å²) in [5.41, 5.74) is 1.49. The number of hydrogen-bond acceptors (Lipinski definition) is 2. The van der Waals surface area contributed by atoms with Crippen LogP contribution in [0.4, 0.5) is 0 Å². The first-order valence-corrected chi connectivity index (χ1v) is 7.27. The molecule has 0 aliphatic rings. The lowest BCUT2D eigenvalue weighted by Gasteiger charge is -2.12. The van der Waals surface area contributed by atoms with Crippen molar-refractivity contribution in [3.8, 4) is 5.75 Å². The van der Waals surface area contributed by atoms with Crippen LogP contribution in [0.5, 0.6) is 5.75 Å². The molecule has 0 aromatic heterocycles. The smallest absolute Gasteiger partial charge is 0.255 e. The van der Waals surface area contributed by atoms with E-state index in [4.69, 9.17) is 11.6 Å². The minimum absolute atomic E-state index is 0.101. The number of phenols is 1. The van der Waals surface area contributed by atoms with E-state index in [9.17, 15) is 9.90 Å². The number of benzene rings is 2. The lowest BCUT2D eigenvalue weighted by molar-refractivity contribution is 0.0950. The predicted molar refractivity (Wildman–Crippen MR) is 84.9 cm³/mol. The summed E-state index contributed by atoms with van der Waals surface area (Å²) >= 11 is 5.74. The molecule has 0 radical (unpaired) electrons. The molecule has 2 aromatic rings. The average Bonchev–Trinajstić information content (AvgIpc) is 2.47. The van der Waals surface area contributed by atoms with E-state index < -0.39 is 0 Å². The molecule has 0 spiro atoms. The summed E-state index contributed by atoms with van der Waals surface area (Å²) < 4.78 is 0. The molecule has 0 aliphatic heterocycles. The van der Waals surface area contributed by atoms with Gasteiger partial charge in [0.2, 0.25) is 0 Å². The fourth-order valence-electron chi connectivity index (χ4n) is 2.14. The van der Waals surface area contributed by atoms with Crippen LogP contribution in [0.15, 0.2) is 48.5 Å². The Morgan fingerprint density at radius 3 is 2.62 bits per heavy atom. The van der Waals surface area contributed by atoms with E-state index in [0.717, 1.165) is 6.42 Å². The number of carbonyl (C=O) groups excluding carboxylic acids is 1. The molecule has 21 heavy (non-hydrogen) atoms. The summed E-state index contributed by atoms with van der Waals surface area (Å²) in [5.74, 6) is -0.0224. The highest BCUT2D eigenvalue weighted by Crippen LogP contribution is 2.22. The van der Waals surface area contributed by atoms with Crippen molar-refractivity contribution in [2.24, 2.45) is 0 Å². The molecule has 0 saturated carbocycles. The molecular formula is C17H18ClNO2. The molecule has 4 heteroatoms. The Labute approximate surface area is 129 Å². The third kappa shape index (κ3) is 4.23. The standard InChI is InChI=1S/C17H18ClNO2/c1-12(13-5-3-2-4-6-13)9-10-19-17(21)15-8-7-14(18)11-16(15)20/h2-8,11-12,20H,9-10H2,1H3,(H,19,21). The van der Waals surface area contributed by atoms with Crippen LogP contribution in [-0.2, 0) is 0 Å². The SMILES string of the molecule is CC(CCNC(=O)c1ccc(Cl)cc1O)c1ccccc1. The van der Waals surface area contributed by atoms with E-state index in [2.05, 4.69) is 24.4 Å². The monoisotopic (exact) mass is 303 g/mol. The van der Waals surface area contributed by atoms with E-state index in [-0.39, 0.29) is 17.2 Å². The highest BCUT2D eigenvalue weighted by atomic mass is 35.5. The van der Waals surface area contributed by atoms with Gasteiger partial charge in [0.15, 0.2) is 0 Å². The van der Waals surface area contributed by atoms with Gasteiger partial charge in [0, 0.05) is 11.6 Å². The number of rotatable bonds is 5. The van der Waals surface area contributed by atoms with Crippen LogP contribution in [0.25, 0.3) is 0 Å². The minimum atomic E-state index is -0.288. The molecule has 1 atom stereocenters. The number of carbonyl (C=O) groups is 1. The summed E-state index contributed by atoms with van der Waals surface area (Å²) in [4.78, 5) is 12.0. The minimum Gasteiger partial charge on any atom is -0.507 e. The number of hydrogen-bond donors (Lipinski definition) is 2. The van der Waals surface area contributed by atoms with Crippen molar-refractivity contribution < 1.29 is 9.90 Å². The Balaban J connectivity index is 1.87. The van der Waals surface area contributed by atoms with Crippen LogP contribution in [0, 0.1) is 0 Å². The maximum absolute atomic E-state index is 12.0. The van der Waals surface area contributed by atoms with Gasteiger partial charge >= 0.3 is 0 Å². The summed E-state index contributed by atoms with van der Waals surface area (Å²) in [5, 5.41) is 12.9. The van der Waals surface area contributed by atoms with Crippen LogP contribution in [0.2, 0.25) is 5.02 Å². The molecule has 2 rings (SSSR count). The zero-order valence-corrected chi connectivity index (χ0v) is 12.6. The van der Waals surface area contributed by atoms with E-state index in [1.165, 1.54) is 17.7 Å². The summed E-state index contributed by atoms with van der Waals surface area (Å²) in [6.45, 7) is 2.68. The molecule has 1 amide bonds. The normalized spacial score (nSPS) is 11.9. The molecule has 110 valence electrons. The van der Waals surface area contributed by atoms with Gasteiger partial charge in [0.1, 0.15) is 5.75 Å². The maximum Gasteiger partial charge on any atom is 0.255 e. The largest absolute Gasteiger partial charge is 0.507 e. The fourth-order valence-corrected chi connectivity index (χ4v) is 2.31. The van der Waals surface area contributed by atoms with Crippen molar-refractivity contribution in [2.75, 3.05) is 6.54 Å². The zero-order valence-electron chi connectivity index (χ0n) is 11.8. The number of nitrogens with one attached hydrogen (secondary N) is 1. The molecule has 2 aromatic carbocycles. The van der Waals surface area contributed by atoms with Crippen molar-refractivity contribution in [1.29, 1.82) is 0 Å². The number of amides is 1. The molecule has 0 aliphatic carbocycles. The van der Waals surface area contributed by atoms with Crippen LogP contribution in [-0.4, -0.2) is 17.6 Å². The summed E-state index contributed by atoms with van der Waals surface area (Å²) in [6.07, 6.45) is 0.837. The van der Waals surface area contributed by atoms with Crippen molar-refractivity contribution >= 4 is 17.5 Å². The Kier molecular flexibility index (Phi) is 5.23. The molecule has 0 heterocycles. The van der Waals surface area contributed by atoms with Gasteiger partial charge in [-0.25, -0.2) is 0 Å². The number of phenolic OH excluding ortho intramolecular Hbond substituents is 1. The highest BCUT2D eigenvalue weighted by molar-refractivity contribution is 6.30. The first-order valence-electron chi connectivity index (χ1n) is 6.89. The van der Waals surface area contributed by atoms with Crippen molar-refractivity contribution in [3.63, 3.8) is 0 Å². The Hall–Kier alpha value is -2.00. The first kappa shape index (κ1) is 15.4. The molecule has 0 fully saturated rings. The van der Waals surface area contributed by atoms with E-state index >= 15 is 0 Å². The van der Waals surface area contributed by atoms with Gasteiger partial charge in [-0.3, -0.25) is 4.79 Å². The topological polar surface area (TPSA) is 49.3 Å². The van der Waals surface area contributed by atoms with Gasteiger partial charge in [0.25, 0.3) is 5.91 Å². The van der Waals surface area contributed by atoms with E-state index in [1.807, 2.05) is 18.2 Å². The van der Waals surface area contributed by atoms with E-state index in [0.29, 0.717) is 17.5 Å².